The molecule has 0 spiro atoms. The van der Waals surface area contributed by atoms with Gasteiger partial charge in [-0.1, -0.05) is 0 Å². The average molecular weight is 158 g/mol. The summed E-state index contributed by atoms with van der Waals surface area (Å²) >= 11 is 0. The van der Waals surface area contributed by atoms with E-state index in [-0.39, 0.29) is 0 Å². The Morgan fingerprint density at radius 3 is 1.78 bits per heavy atom. The first-order chi connectivity index (χ1) is 3.81. The van der Waals surface area contributed by atoms with Gasteiger partial charge in [-0.05, 0) is 6.92 Å². The lowest BCUT2D eigenvalue weighted by Crippen LogP contribution is -2.45. The molecule has 6 nitrogen and oxygen atoms in total. The van der Waals surface area contributed by atoms with Gasteiger partial charge < -0.3 is 0 Å². The molecule has 0 aromatic carbocycles. The molecule has 0 aliphatic heterocycles. The fraction of sp³-hybridized carbons (Fsp3) is 1.00. The minimum Gasteiger partial charge on any atom is -0.237 e. The van der Waals surface area contributed by atoms with Gasteiger partial charge in [0.25, 0.3) is 0 Å². The van der Waals surface area contributed by atoms with Crippen molar-refractivity contribution < 1.29 is 27.6 Å². The van der Waals surface area contributed by atoms with Crippen LogP contribution in [0, 0.1) is 0 Å². The van der Waals surface area contributed by atoms with Gasteiger partial charge in [0.2, 0.25) is 0 Å². The number of nitrogens with zero attached hydrogens (tertiary/aromatic N) is 1. The molecular weight excluding hydrogens is 150 g/mol. The van der Waals surface area contributed by atoms with Gasteiger partial charge in [-0.25, -0.2) is 4.55 Å². The molecule has 0 heterocycles. The van der Waals surface area contributed by atoms with Crippen LogP contribution in [0.1, 0.15) is 6.92 Å². The molecule has 0 amide bonds. The number of quaternary nitrogens is 1. The van der Waals surface area contributed by atoms with Crippen LogP contribution in [0.5, 0.6) is 0 Å². The lowest BCUT2D eigenvalue weighted by atomic mass is 10.8. The predicted molar refractivity (Wildman–Crippen MR) is 25.9 cm³/mol. The number of hydroxylamine groups is 2. The molecule has 0 aliphatic rings. The van der Waals surface area contributed by atoms with Crippen molar-refractivity contribution in [3.63, 3.8) is 0 Å². The first-order valence-corrected chi connectivity index (χ1v) is 3.52. The summed E-state index contributed by atoms with van der Waals surface area (Å²) in [6.45, 7) is 0.659. The van der Waals surface area contributed by atoms with E-state index in [1.54, 1.807) is 0 Å². The second kappa shape index (κ2) is 2.20. The van der Waals surface area contributed by atoms with E-state index in [9.17, 15) is 8.42 Å². The van der Waals surface area contributed by atoms with Crippen LogP contribution < -0.4 is 0 Å². The molecule has 0 unspecified atom stereocenters. The van der Waals surface area contributed by atoms with Crippen molar-refractivity contribution in [2.45, 2.75) is 6.92 Å². The highest BCUT2D eigenvalue weighted by Crippen LogP contribution is 2.01. The molecule has 7 heteroatoms. The summed E-state index contributed by atoms with van der Waals surface area (Å²) in [4.78, 5) is 0. The number of hydrogen-bond acceptors (Lipinski definition) is 4. The van der Waals surface area contributed by atoms with Gasteiger partial charge >= 0.3 is 10.3 Å². The van der Waals surface area contributed by atoms with Gasteiger partial charge in [-0.3, -0.25) is 0 Å². The molecule has 0 aliphatic carbocycles. The Morgan fingerprint density at radius 1 is 1.44 bits per heavy atom. The Labute approximate surface area is 52.3 Å². The predicted octanol–water partition coefficient (Wildman–Crippen LogP) is -0.596. The summed E-state index contributed by atoms with van der Waals surface area (Å²) in [6, 6.07) is 0. The molecule has 0 radical (unpaired) electrons. The van der Waals surface area contributed by atoms with Crippen LogP contribution in [-0.2, 0) is 10.3 Å². The van der Waals surface area contributed by atoms with Crippen molar-refractivity contribution in [1.29, 1.82) is 0 Å². The quantitative estimate of drug-likeness (QED) is 0.283. The SMILES string of the molecule is CC[N+](O)(O)S(=O)(=O)O. The Bertz CT molecular complexity index is 181. The minimum atomic E-state index is -4.80. The molecule has 0 aromatic heterocycles. The molecule has 0 saturated heterocycles. The first kappa shape index (κ1) is 8.79. The Morgan fingerprint density at radius 2 is 1.78 bits per heavy atom. The summed E-state index contributed by atoms with van der Waals surface area (Å²) < 4.78 is 25.4. The van der Waals surface area contributed by atoms with Crippen molar-refractivity contribution in [3.8, 4) is 0 Å². The van der Waals surface area contributed by atoms with E-state index >= 15 is 0 Å². The van der Waals surface area contributed by atoms with Gasteiger partial charge in [0, 0.05) is 0 Å². The fourth-order valence-electron chi connectivity index (χ4n) is 0.163. The van der Waals surface area contributed by atoms with E-state index < -0.39 is 21.1 Å². The van der Waals surface area contributed by atoms with Crippen LogP contribution in [0.15, 0.2) is 0 Å². The number of hydrogen-bond donors (Lipinski definition) is 3. The largest absolute Gasteiger partial charge is 0.496 e. The molecule has 0 aromatic rings. The van der Waals surface area contributed by atoms with Gasteiger partial charge in [0.15, 0.2) is 6.54 Å². The normalized spacial score (nSPS) is 13.8. The fourth-order valence-corrected chi connectivity index (χ4v) is 0.489. The van der Waals surface area contributed by atoms with E-state index in [0.717, 1.165) is 0 Å². The monoisotopic (exact) mass is 158 g/mol. The van der Waals surface area contributed by atoms with E-state index in [0.29, 0.717) is 0 Å². The van der Waals surface area contributed by atoms with Crippen molar-refractivity contribution in [3.05, 3.63) is 0 Å². The molecule has 0 rings (SSSR count). The Balaban J connectivity index is 4.56. The van der Waals surface area contributed by atoms with Crippen molar-refractivity contribution in [2.24, 2.45) is 0 Å². The van der Waals surface area contributed by atoms with Crippen LogP contribution in [-0.4, -0.2) is 34.1 Å². The molecule has 9 heavy (non-hydrogen) atoms. The maximum atomic E-state index is 9.91. The zero-order valence-corrected chi connectivity index (χ0v) is 5.54. The molecule has 0 fully saturated rings. The highest BCUT2D eigenvalue weighted by Gasteiger charge is 2.36. The highest BCUT2D eigenvalue weighted by molar-refractivity contribution is 7.79. The summed E-state index contributed by atoms with van der Waals surface area (Å²) in [5.41, 5.74) is 0. The maximum absolute atomic E-state index is 9.91. The van der Waals surface area contributed by atoms with Crippen molar-refractivity contribution >= 4 is 10.3 Å². The summed E-state index contributed by atoms with van der Waals surface area (Å²) in [7, 11) is -4.80. The maximum Gasteiger partial charge on any atom is 0.496 e. The third-order valence-corrected chi connectivity index (χ3v) is 1.78. The zero-order valence-electron chi connectivity index (χ0n) is 4.72. The third kappa shape index (κ3) is 1.88. The molecule has 0 saturated carbocycles. The molecule has 0 bridgehead atoms. The second-order valence-electron chi connectivity index (χ2n) is 1.43. The first-order valence-electron chi connectivity index (χ1n) is 2.12. The van der Waals surface area contributed by atoms with E-state index in [1.165, 1.54) is 6.92 Å². The Kier molecular flexibility index (Phi) is 2.14. The van der Waals surface area contributed by atoms with Crippen molar-refractivity contribution in [1.82, 2.24) is 0 Å². The molecular formula is C2H8NO5S+. The van der Waals surface area contributed by atoms with Crippen LogP contribution in [0.4, 0.5) is 0 Å². The van der Waals surface area contributed by atoms with Crippen LogP contribution in [0.3, 0.4) is 0 Å². The minimum absolute atomic E-state index is 0.529. The molecule has 3 N–H and O–H groups in total. The lowest BCUT2D eigenvalue weighted by molar-refractivity contribution is -1.16. The molecule has 0 atom stereocenters. The van der Waals surface area contributed by atoms with E-state index in [4.69, 9.17) is 15.0 Å². The summed E-state index contributed by atoms with van der Waals surface area (Å²) in [5, 5.41) is 16.6. The highest BCUT2D eigenvalue weighted by atomic mass is 32.2. The number of rotatable bonds is 2. The van der Waals surface area contributed by atoms with Gasteiger partial charge in [0.1, 0.15) is 0 Å². The van der Waals surface area contributed by atoms with Gasteiger partial charge in [-0.15, -0.1) is 8.42 Å². The third-order valence-electron chi connectivity index (χ3n) is 0.781. The van der Waals surface area contributed by atoms with E-state index in [1.807, 2.05) is 0 Å². The average Bonchev–Trinajstić information content (AvgIpc) is 1.64. The smallest absolute Gasteiger partial charge is 0.237 e. The zero-order chi connectivity index (χ0) is 7.71. The molecule has 56 valence electrons. The second-order valence-corrected chi connectivity index (χ2v) is 2.91. The van der Waals surface area contributed by atoms with E-state index in [2.05, 4.69) is 0 Å². The van der Waals surface area contributed by atoms with Crippen LogP contribution in [0.2, 0.25) is 0 Å². The van der Waals surface area contributed by atoms with Gasteiger partial charge in [-0.2, -0.15) is 10.4 Å². The van der Waals surface area contributed by atoms with Gasteiger partial charge in [0.05, 0.1) is 4.21 Å². The summed E-state index contributed by atoms with van der Waals surface area (Å²) in [5.74, 6) is 0. The Hall–Kier alpha value is -0.210. The van der Waals surface area contributed by atoms with Crippen LogP contribution >= 0.6 is 0 Å². The topological polar surface area (TPSA) is 94.8 Å². The standard InChI is InChI=1S/C2H7NO5S/c1-2-3(4,5)9(6,7)8/h4-5H,2H2,1H3/p+1. The lowest BCUT2D eigenvalue weighted by Gasteiger charge is -2.12. The van der Waals surface area contributed by atoms with Crippen molar-refractivity contribution in [2.75, 3.05) is 6.54 Å². The van der Waals surface area contributed by atoms with Crippen LogP contribution in [0.25, 0.3) is 0 Å². The summed E-state index contributed by atoms with van der Waals surface area (Å²) in [6.07, 6.45) is 0.